The number of aliphatic hydroxyl groups is 1. The van der Waals surface area contributed by atoms with Crippen molar-refractivity contribution in [2.24, 2.45) is 5.92 Å². The summed E-state index contributed by atoms with van der Waals surface area (Å²) in [5, 5.41) is 12.6. The Labute approximate surface area is 235 Å². The van der Waals surface area contributed by atoms with Gasteiger partial charge >= 0.3 is 0 Å². The molecule has 2 aromatic carbocycles. The summed E-state index contributed by atoms with van der Waals surface area (Å²) < 4.78 is 6.67. The highest BCUT2D eigenvalue weighted by molar-refractivity contribution is 6.71. The van der Waals surface area contributed by atoms with Crippen molar-refractivity contribution in [3.8, 4) is 0 Å². The summed E-state index contributed by atoms with van der Waals surface area (Å²) in [4.78, 5) is 54.9. The fourth-order valence-electron chi connectivity index (χ4n) is 6.94. The molecule has 10 nitrogen and oxygen atoms in total. The number of aliphatic hydroxyl groups excluding tert-OH is 1. The summed E-state index contributed by atoms with van der Waals surface area (Å²) in [6, 6.07) is 11.6. The van der Waals surface area contributed by atoms with E-state index in [1.165, 1.54) is 0 Å². The molecule has 2 fully saturated rings. The van der Waals surface area contributed by atoms with E-state index in [4.69, 9.17) is 10.5 Å². The van der Waals surface area contributed by atoms with Gasteiger partial charge in [-0.2, -0.15) is 0 Å². The minimum absolute atomic E-state index is 0.0180. The lowest BCUT2D eigenvalue weighted by Gasteiger charge is -2.32. The second-order valence-corrected chi connectivity index (χ2v) is 15.8. The van der Waals surface area contributed by atoms with Gasteiger partial charge in [0.1, 0.15) is 0 Å². The molecular weight excluding hydrogens is 528 g/mol. The van der Waals surface area contributed by atoms with Gasteiger partial charge < -0.3 is 35.5 Å². The Kier molecular flexibility index (Phi) is 7.28. The van der Waals surface area contributed by atoms with Crippen LogP contribution >= 0.6 is 0 Å². The number of amides is 3. The van der Waals surface area contributed by atoms with Gasteiger partial charge in [-0.1, -0.05) is 6.92 Å². The molecule has 2 saturated heterocycles. The van der Waals surface area contributed by atoms with Crippen molar-refractivity contribution < 1.29 is 29.0 Å². The van der Waals surface area contributed by atoms with Gasteiger partial charge in [-0.15, -0.1) is 0 Å². The number of likely N-dealkylation sites (tertiary alicyclic amines) is 1. The molecule has 5 rings (SSSR count). The summed E-state index contributed by atoms with van der Waals surface area (Å²) >= 11 is 0. The maximum Gasteiger partial charge on any atom is 0.264 e. The second kappa shape index (κ2) is 10.3. The molecule has 0 unspecified atom stereocenters. The number of nitrogens with one attached hydrogen (secondary N) is 1. The van der Waals surface area contributed by atoms with E-state index < -0.39 is 31.5 Å². The molecule has 0 radical (unpaired) electrons. The van der Waals surface area contributed by atoms with Crippen molar-refractivity contribution in [2.75, 3.05) is 36.1 Å². The first-order valence-electron chi connectivity index (χ1n) is 13.8. The average Bonchev–Trinajstić information content (AvgIpc) is 3.55. The van der Waals surface area contributed by atoms with E-state index in [2.05, 4.69) is 5.32 Å². The molecular formula is C29H38N4O6Si. The van der Waals surface area contributed by atoms with Crippen LogP contribution in [0.1, 0.15) is 42.1 Å². The van der Waals surface area contributed by atoms with E-state index in [0.717, 1.165) is 12.8 Å². The summed E-state index contributed by atoms with van der Waals surface area (Å²) in [7, 11) is -1.25. The van der Waals surface area contributed by atoms with E-state index in [9.17, 15) is 24.3 Å². The standard InChI is InChI=1S/C29H38N4O6Si/c1-17-26(40(3,4)38)24(15-25(35)33-13-5-6-21(33)16-34)39-29(17)22-14-20(11-12-23(22)32(2)28(29)37)31-27(36)18-7-9-19(30)10-8-18/h7-12,14,17,21,24,26,34,38H,5-6,13,15-16,30H2,1-4H3,(H,31,36)/t17-,21+,24+,26-,29+/m1/s1. The molecule has 214 valence electrons. The molecule has 5 N–H and O–H groups in total. The number of nitrogen functional groups attached to an aromatic ring is 1. The highest BCUT2D eigenvalue weighted by atomic mass is 28.4. The molecule has 1 spiro atoms. The third kappa shape index (κ3) is 4.60. The molecule has 11 heteroatoms. The SMILES string of the molecule is C[C@@H]1[C@@H]([Si](C)(C)O)[C@H](CC(=O)N2CCC[C@H]2CO)O[C@@]12C(=O)N(C)c1ccc(NC(=O)c3ccc(N)cc3)cc12. The lowest BCUT2D eigenvalue weighted by atomic mass is 9.82. The predicted molar refractivity (Wildman–Crippen MR) is 154 cm³/mol. The Hall–Kier alpha value is -3.25. The van der Waals surface area contributed by atoms with Crippen LogP contribution in [-0.2, 0) is 19.9 Å². The molecule has 0 aliphatic carbocycles. The average molecular weight is 567 g/mol. The molecule has 0 aromatic heterocycles. The molecule has 5 atom stereocenters. The maximum atomic E-state index is 13.9. The van der Waals surface area contributed by atoms with Crippen LogP contribution in [0.4, 0.5) is 17.1 Å². The van der Waals surface area contributed by atoms with Crippen LogP contribution in [0.25, 0.3) is 0 Å². The number of hydrogen-bond donors (Lipinski definition) is 4. The summed E-state index contributed by atoms with van der Waals surface area (Å²) in [6.07, 6.45) is 0.919. The van der Waals surface area contributed by atoms with E-state index >= 15 is 0 Å². The largest absolute Gasteiger partial charge is 0.432 e. The smallest absolute Gasteiger partial charge is 0.264 e. The lowest BCUT2D eigenvalue weighted by molar-refractivity contribution is -0.149. The number of hydrogen-bond acceptors (Lipinski definition) is 7. The highest BCUT2D eigenvalue weighted by Crippen LogP contribution is 2.59. The number of nitrogens with two attached hydrogens (primary N) is 1. The van der Waals surface area contributed by atoms with Gasteiger partial charge in [-0.25, -0.2) is 0 Å². The number of likely N-dealkylation sites (N-methyl/N-ethyl adjacent to an activating group) is 1. The Morgan fingerprint density at radius 3 is 2.55 bits per heavy atom. The second-order valence-electron chi connectivity index (χ2n) is 11.8. The van der Waals surface area contributed by atoms with Crippen LogP contribution in [0, 0.1) is 5.92 Å². The van der Waals surface area contributed by atoms with Crippen LogP contribution in [0.3, 0.4) is 0 Å². The first kappa shape index (κ1) is 28.3. The predicted octanol–water partition coefficient (Wildman–Crippen LogP) is 2.67. The molecule has 3 heterocycles. The third-order valence-electron chi connectivity index (χ3n) is 8.83. The Morgan fingerprint density at radius 1 is 1.20 bits per heavy atom. The van der Waals surface area contributed by atoms with Gasteiger partial charge in [0, 0.05) is 47.6 Å². The van der Waals surface area contributed by atoms with Crippen molar-refractivity contribution in [3.63, 3.8) is 0 Å². The summed E-state index contributed by atoms with van der Waals surface area (Å²) in [5.41, 5.74) is 6.70. The molecule has 2 aromatic rings. The third-order valence-corrected chi connectivity index (χ3v) is 11.3. The summed E-state index contributed by atoms with van der Waals surface area (Å²) in [6.45, 7) is 6.01. The number of anilines is 3. The molecule has 3 aliphatic rings. The van der Waals surface area contributed by atoms with Crippen molar-refractivity contribution >= 4 is 43.1 Å². The number of fused-ring (bicyclic) bond motifs is 2. The maximum absolute atomic E-state index is 13.9. The number of carbonyl (C=O) groups is 3. The quantitative estimate of drug-likeness (QED) is 0.311. The normalized spacial score (nSPS) is 27.9. The van der Waals surface area contributed by atoms with Gasteiger partial charge in [0.15, 0.2) is 13.9 Å². The van der Waals surface area contributed by atoms with Gasteiger partial charge in [0.25, 0.3) is 11.8 Å². The monoisotopic (exact) mass is 566 g/mol. The number of carbonyl (C=O) groups excluding carboxylic acids is 3. The van der Waals surface area contributed by atoms with Gasteiger partial charge in [-0.3, -0.25) is 14.4 Å². The topological polar surface area (TPSA) is 145 Å². The fourth-order valence-corrected chi connectivity index (χ4v) is 9.50. The zero-order chi connectivity index (χ0) is 29.0. The van der Waals surface area contributed by atoms with Crippen LogP contribution in [0.5, 0.6) is 0 Å². The van der Waals surface area contributed by atoms with Crippen molar-refractivity contribution in [2.45, 2.75) is 62.6 Å². The Morgan fingerprint density at radius 2 is 1.90 bits per heavy atom. The minimum atomic E-state index is -2.93. The summed E-state index contributed by atoms with van der Waals surface area (Å²) in [5.74, 6) is -1.15. The van der Waals surface area contributed by atoms with Gasteiger partial charge in [0.2, 0.25) is 5.91 Å². The van der Waals surface area contributed by atoms with Crippen molar-refractivity contribution in [3.05, 3.63) is 53.6 Å². The van der Waals surface area contributed by atoms with E-state index in [1.807, 2.05) is 20.0 Å². The molecule has 0 bridgehead atoms. The van der Waals surface area contributed by atoms with Gasteiger partial charge in [-0.05, 0) is 68.4 Å². The fraction of sp³-hybridized carbons (Fsp3) is 0.483. The number of nitrogens with zero attached hydrogens (tertiary/aromatic N) is 2. The minimum Gasteiger partial charge on any atom is -0.432 e. The lowest BCUT2D eigenvalue weighted by Crippen LogP contribution is -2.45. The van der Waals surface area contributed by atoms with Crippen molar-refractivity contribution in [1.82, 2.24) is 4.90 Å². The Balaban J connectivity index is 1.49. The number of rotatable bonds is 6. The van der Waals surface area contributed by atoms with E-state index in [-0.39, 0.29) is 36.8 Å². The Bertz CT molecular complexity index is 1330. The number of ether oxygens (including phenoxy) is 1. The van der Waals surface area contributed by atoms with E-state index in [1.54, 1.807) is 59.3 Å². The molecule has 3 amide bonds. The first-order valence-corrected chi connectivity index (χ1v) is 16.8. The van der Waals surface area contributed by atoms with Crippen LogP contribution in [-0.4, -0.2) is 73.2 Å². The molecule has 40 heavy (non-hydrogen) atoms. The van der Waals surface area contributed by atoms with Gasteiger partial charge in [0.05, 0.1) is 30.9 Å². The zero-order valence-corrected chi connectivity index (χ0v) is 24.4. The van der Waals surface area contributed by atoms with Crippen LogP contribution in [0.2, 0.25) is 18.6 Å². The molecule has 0 saturated carbocycles. The van der Waals surface area contributed by atoms with Crippen LogP contribution < -0.4 is 16.0 Å². The molecule has 3 aliphatic heterocycles. The van der Waals surface area contributed by atoms with Crippen LogP contribution in [0.15, 0.2) is 42.5 Å². The van der Waals surface area contributed by atoms with E-state index in [0.29, 0.717) is 34.7 Å². The first-order chi connectivity index (χ1) is 18.9. The highest BCUT2D eigenvalue weighted by Gasteiger charge is 2.66. The number of benzene rings is 2. The zero-order valence-electron chi connectivity index (χ0n) is 23.4. The van der Waals surface area contributed by atoms with Crippen molar-refractivity contribution in [1.29, 1.82) is 0 Å².